The summed E-state index contributed by atoms with van der Waals surface area (Å²) in [5.41, 5.74) is 18.3. The number of nitrogens with zero attached hydrogens (tertiary/aromatic N) is 1. The molecule has 0 atom stereocenters. The summed E-state index contributed by atoms with van der Waals surface area (Å²) in [6.45, 7) is 0. The van der Waals surface area contributed by atoms with Crippen LogP contribution >= 0.6 is 0 Å². The van der Waals surface area contributed by atoms with Gasteiger partial charge >= 0.3 is 0 Å². The molecule has 0 aliphatic carbocycles. The number of hydrogen-bond donors (Lipinski definition) is 0. The lowest BCUT2D eigenvalue weighted by Gasteiger charge is -2.28. The number of benzene rings is 11. The predicted molar refractivity (Wildman–Crippen MR) is 280 cm³/mol. The highest BCUT2D eigenvalue weighted by Crippen LogP contribution is 2.45. The van der Waals surface area contributed by atoms with Crippen molar-refractivity contribution in [1.82, 2.24) is 0 Å². The van der Waals surface area contributed by atoms with Gasteiger partial charge in [0.05, 0.1) is 5.69 Å². The Morgan fingerprint density at radius 1 is 0.239 bits per heavy atom. The van der Waals surface area contributed by atoms with Crippen molar-refractivity contribution < 1.29 is 8.83 Å². The highest BCUT2D eigenvalue weighted by atomic mass is 16.3. The Kier molecular flexibility index (Phi) is 9.17. The zero-order valence-corrected chi connectivity index (χ0v) is 36.4. The van der Waals surface area contributed by atoms with Crippen molar-refractivity contribution in [3.8, 4) is 55.6 Å². The molecule has 0 N–H and O–H groups in total. The van der Waals surface area contributed by atoms with Crippen molar-refractivity contribution in [3.05, 3.63) is 249 Å². The summed E-state index contributed by atoms with van der Waals surface area (Å²) in [7, 11) is 0. The molecule has 314 valence electrons. The summed E-state index contributed by atoms with van der Waals surface area (Å²) >= 11 is 0. The summed E-state index contributed by atoms with van der Waals surface area (Å²) in [6.07, 6.45) is 0. The number of fused-ring (bicyclic) bond motifs is 8. The molecule has 13 aromatic rings. The molecule has 0 unspecified atom stereocenters. The SMILES string of the molecule is c1ccc(-c2ccc(-c3ccc(N(c4ccc(-c5ccc6c(-c7ccc8c(c7)oc7ccccc78)cc7oc8ccccc8c7c6c5)cc4)c4ccccc4-c4ccccc4)cc3)cc2)cc1. The third-order valence-electron chi connectivity index (χ3n) is 13.3. The van der Waals surface area contributed by atoms with Crippen molar-refractivity contribution in [1.29, 1.82) is 0 Å². The van der Waals surface area contributed by atoms with E-state index in [0.717, 1.165) is 99.5 Å². The average Bonchev–Trinajstić information content (AvgIpc) is 3.98. The van der Waals surface area contributed by atoms with Gasteiger partial charge in [-0.3, -0.25) is 0 Å². The Morgan fingerprint density at radius 2 is 0.701 bits per heavy atom. The molecule has 0 amide bonds. The minimum absolute atomic E-state index is 0.865. The van der Waals surface area contributed by atoms with Gasteiger partial charge in [-0.2, -0.15) is 0 Å². The molecule has 2 aromatic heterocycles. The smallest absolute Gasteiger partial charge is 0.136 e. The second-order valence-electron chi connectivity index (χ2n) is 17.2. The van der Waals surface area contributed by atoms with E-state index < -0.39 is 0 Å². The highest BCUT2D eigenvalue weighted by molar-refractivity contribution is 6.23. The van der Waals surface area contributed by atoms with Crippen molar-refractivity contribution in [2.75, 3.05) is 4.90 Å². The van der Waals surface area contributed by atoms with E-state index in [1.807, 2.05) is 18.2 Å². The lowest BCUT2D eigenvalue weighted by Crippen LogP contribution is -2.11. The summed E-state index contributed by atoms with van der Waals surface area (Å²) in [5.74, 6) is 0. The van der Waals surface area contributed by atoms with Crippen molar-refractivity contribution in [2.24, 2.45) is 0 Å². The van der Waals surface area contributed by atoms with Crippen LogP contribution in [0.3, 0.4) is 0 Å². The van der Waals surface area contributed by atoms with Gasteiger partial charge in [-0.1, -0.05) is 182 Å². The van der Waals surface area contributed by atoms with Gasteiger partial charge in [0.1, 0.15) is 22.3 Å². The van der Waals surface area contributed by atoms with Gasteiger partial charge in [0.15, 0.2) is 0 Å². The van der Waals surface area contributed by atoms with E-state index in [-0.39, 0.29) is 0 Å². The zero-order valence-electron chi connectivity index (χ0n) is 36.4. The second-order valence-corrected chi connectivity index (χ2v) is 17.2. The van der Waals surface area contributed by atoms with Gasteiger partial charge in [0.25, 0.3) is 0 Å². The maximum Gasteiger partial charge on any atom is 0.136 e. The van der Waals surface area contributed by atoms with Crippen molar-refractivity contribution in [2.45, 2.75) is 0 Å². The molecular weight excluding hydrogens is 815 g/mol. The van der Waals surface area contributed by atoms with Crippen LogP contribution in [-0.4, -0.2) is 0 Å². The van der Waals surface area contributed by atoms with E-state index in [1.165, 1.54) is 27.8 Å². The summed E-state index contributed by atoms with van der Waals surface area (Å²) in [6, 6.07) is 88.9. The largest absolute Gasteiger partial charge is 0.456 e. The molecule has 11 aromatic carbocycles. The van der Waals surface area contributed by atoms with E-state index in [1.54, 1.807) is 0 Å². The number of furan rings is 2. The molecule has 0 bridgehead atoms. The zero-order chi connectivity index (χ0) is 44.3. The lowest BCUT2D eigenvalue weighted by atomic mass is 9.92. The van der Waals surface area contributed by atoms with Gasteiger partial charge in [-0.15, -0.1) is 0 Å². The molecule has 0 saturated heterocycles. The molecular formula is C64H41NO2. The average molecular weight is 856 g/mol. The van der Waals surface area contributed by atoms with Crippen LogP contribution in [0.4, 0.5) is 17.1 Å². The molecule has 0 fully saturated rings. The van der Waals surface area contributed by atoms with Crippen LogP contribution in [0.15, 0.2) is 258 Å². The van der Waals surface area contributed by atoms with E-state index in [0.29, 0.717) is 0 Å². The third-order valence-corrected chi connectivity index (χ3v) is 13.3. The van der Waals surface area contributed by atoms with Gasteiger partial charge in [-0.05, 0) is 128 Å². The van der Waals surface area contributed by atoms with Crippen molar-refractivity contribution in [3.63, 3.8) is 0 Å². The first kappa shape index (κ1) is 38.5. The fourth-order valence-electron chi connectivity index (χ4n) is 10.00. The van der Waals surface area contributed by atoms with Crippen LogP contribution in [0.2, 0.25) is 0 Å². The molecule has 3 heteroatoms. The van der Waals surface area contributed by atoms with E-state index in [4.69, 9.17) is 8.83 Å². The summed E-state index contributed by atoms with van der Waals surface area (Å²) in [5, 5.41) is 6.78. The number of para-hydroxylation sites is 3. The van der Waals surface area contributed by atoms with Gasteiger partial charge in [-0.25, -0.2) is 0 Å². The molecule has 13 rings (SSSR count). The highest BCUT2D eigenvalue weighted by Gasteiger charge is 2.20. The Hall–Kier alpha value is -8.92. The van der Waals surface area contributed by atoms with E-state index in [9.17, 15) is 0 Å². The van der Waals surface area contributed by atoms with Crippen LogP contribution < -0.4 is 4.90 Å². The number of rotatable bonds is 8. The Labute approximate surface area is 388 Å². The first-order valence-electron chi connectivity index (χ1n) is 22.8. The fraction of sp³-hybridized carbons (Fsp3) is 0. The molecule has 2 heterocycles. The molecule has 3 nitrogen and oxygen atoms in total. The lowest BCUT2D eigenvalue weighted by molar-refractivity contribution is 0.668. The molecule has 0 aliphatic rings. The van der Waals surface area contributed by atoms with E-state index in [2.05, 4.69) is 235 Å². The van der Waals surface area contributed by atoms with Crippen molar-refractivity contribution >= 4 is 71.7 Å². The Bertz CT molecular complexity index is 3940. The van der Waals surface area contributed by atoms with Crippen LogP contribution in [0.5, 0.6) is 0 Å². The van der Waals surface area contributed by atoms with Gasteiger partial charge in [0, 0.05) is 38.5 Å². The van der Waals surface area contributed by atoms with E-state index >= 15 is 0 Å². The Balaban J connectivity index is 0.908. The standard InChI is InChI=1S/C64H41NO2/c1-3-13-42(14-4-1)43-23-25-44(26-24-43)45-27-33-50(34-28-45)65(59-20-10-7-17-52(59)47-15-5-2-6-16-47)51-35-29-46(30-36-51)48-31-37-53-57(41-63-64(58(53)39-48)56-19-9-12-22-61(56)67-63)49-32-38-55-54-18-8-11-21-60(54)66-62(55)40-49/h1-41H. The van der Waals surface area contributed by atoms with Crippen LogP contribution in [-0.2, 0) is 0 Å². The second kappa shape index (κ2) is 16.0. The molecule has 0 saturated carbocycles. The number of anilines is 3. The summed E-state index contributed by atoms with van der Waals surface area (Å²) in [4.78, 5) is 2.38. The van der Waals surface area contributed by atoms with Gasteiger partial charge < -0.3 is 13.7 Å². The normalized spacial score (nSPS) is 11.6. The van der Waals surface area contributed by atoms with Crippen LogP contribution in [0.1, 0.15) is 0 Å². The molecule has 0 spiro atoms. The predicted octanol–water partition coefficient (Wildman–Crippen LogP) is 18.4. The van der Waals surface area contributed by atoms with Gasteiger partial charge in [0.2, 0.25) is 0 Å². The minimum Gasteiger partial charge on any atom is -0.456 e. The molecule has 0 radical (unpaired) electrons. The maximum atomic E-state index is 6.60. The molecule has 0 aliphatic heterocycles. The topological polar surface area (TPSA) is 29.5 Å². The first-order chi connectivity index (χ1) is 33.2. The fourth-order valence-corrected chi connectivity index (χ4v) is 10.00. The third kappa shape index (κ3) is 6.76. The molecule has 67 heavy (non-hydrogen) atoms. The minimum atomic E-state index is 0.865. The Morgan fingerprint density at radius 3 is 1.39 bits per heavy atom. The van der Waals surface area contributed by atoms with Crippen LogP contribution in [0, 0.1) is 0 Å². The monoisotopic (exact) mass is 855 g/mol. The maximum absolute atomic E-state index is 6.60. The number of hydrogen-bond acceptors (Lipinski definition) is 3. The van der Waals surface area contributed by atoms with Crippen LogP contribution in [0.25, 0.3) is 110 Å². The quantitative estimate of drug-likeness (QED) is 0.152. The summed E-state index contributed by atoms with van der Waals surface area (Å²) < 4.78 is 13.0. The first-order valence-corrected chi connectivity index (χ1v) is 22.8.